The summed E-state index contributed by atoms with van der Waals surface area (Å²) in [5.74, 6) is -0.136. The molecule has 0 bridgehead atoms. The summed E-state index contributed by atoms with van der Waals surface area (Å²) < 4.78 is 0. The van der Waals surface area contributed by atoms with Gasteiger partial charge in [0.1, 0.15) is 10.8 Å². The Labute approximate surface area is 109 Å². The first-order valence-corrected chi connectivity index (χ1v) is 6.00. The third-order valence-corrected chi connectivity index (χ3v) is 3.39. The Morgan fingerprint density at radius 2 is 2.29 bits per heavy atom. The van der Waals surface area contributed by atoms with Crippen LogP contribution in [0.25, 0.3) is 0 Å². The highest BCUT2D eigenvalue weighted by molar-refractivity contribution is 6.41. The highest BCUT2D eigenvalue weighted by Crippen LogP contribution is 2.22. The summed E-state index contributed by atoms with van der Waals surface area (Å²) in [6, 6.07) is 1.43. The molecule has 2 rings (SSSR count). The van der Waals surface area contributed by atoms with Crippen molar-refractivity contribution in [1.82, 2.24) is 10.3 Å². The number of rotatable bonds is 3. The quantitative estimate of drug-likeness (QED) is 0.738. The van der Waals surface area contributed by atoms with E-state index in [-0.39, 0.29) is 29.6 Å². The van der Waals surface area contributed by atoms with Crippen molar-refractivity contribution in [2.75, 3.05) is 6.61 Å². The summed E-state index contributed by atoms with van der Waals surface area (Å²) in [7, 11) is 0. The van der Waals surface area contributed by atoms with Crippen LogP contribution in [0.1, 0.15) is 16.9 Å². The smallest absolute Gasteiger partial charge is 0.268 e. The van der Waals surface area contributed by atoms with Crippen molar-refractivity contribution in [2.45, 2.75) is 12.5 Å². The molecule has 0 saturated carbocycles. The maximum absolute atomic E-state index is 11.8. The Bertz CT molecular complexity index is 437. The molecule has 17 heavy (non-hydrogen) atoms. The van der Waals surface area contributed by atoms with E-state index in [2.05, 4.69) is 10.3 Å². The third kappa shape index (κ3) is 2.83. The van der Waals surface area contributed by atoms with E-state index in [4.69, 9.17) is 28.3 Å². The Balaban J connectivity index is 1.96. The van der Waals surface area contributed by atoms with Crippen molar-refractivity contribution in [2.24, 2.45) is 5.92 Å². The fraction of sp³-hybridized carbons (Fsp3) is 0.364. The molecule has 0 fully saturated rings. The molecule has 4 nitrogen and oxygen atoms in total. The number of H-pyrrole nitrogens is 1. The van der Waals surface area contributed by atoms with E-state index < -0.39 is 0 Å². The summed E-state index contributed by atoms with van der Waals surface area (Å²) in [5.41, 5.74) is 0.334. The van der Waals surface area contributed by atoms with Crippen molar-refractivity contribution in [1.29, 1.82) is 0 Å². The average molecular weight is 275 g/mol. The average Bonchev–Trinajstić information content (AvgIpc) is 2.87. The Hall–Kier alpha value is -0.970. The highest BCUT2D eigenvalue weighted by atomic mass is 35.5. The van der Waals surface area contributed by atoms with Crippen LogP contribution in [0.5, 0.6) is 0 Å². The molecule has 0 spiro atoms. The molecular formula is C11H12Cl2N2O2. The van der Waals surface area contributed by atoms with Crippen LogP contribution in [0.4, 0.5) is 0 Å². The van der Waals surface area contributed by atoms with Gasteiger partial charge in [0.25, 0.3) is 5.91 Å². The van der Waals surface area contributed by atoms with Crippen LogP contribution in [-0.2, 0) is 0 Å². The van der Waals surface area contributed by atoms with Crippen molar-refractivity contribution < 1.29 is 9.90 Å². The van der Waals surface area contributed by atoms with E-state index in [1.165, 1.54) is 6.07 Å². The first-order valence-electron chi connectivity index (χ1n) is 5.24. The van der Waals surface area contributed by atoms with Gasteiger partial charge in [0.2, 0.25) is 0 Å². The van der Waals surface area contributed by atoms with Crippen molar-refractivity contribution in [3.8, 4) is 0 Å². The lowest BCUT2D eigenvalue weighted by Crippen LogP contribution is -2.33. The van der Waals surface area contributed by atoms with E-state index in [9.17, 15) is 4.79 Å². The molecule has 0 radical (unpaired) electrons. The molecule has 1 aliphatic rings. The zero-order valence-electron chi connectivity index (χ0n) is 8.91. The van der Waals surface area contributed by atoms with Crippen molar-refractivity contribution >= 4 is 29.1 Å². The molecule has 0 unspecified atom stereocenters. The largest absolute Gasteiger partial charge is 0.396 e. The van der Waals surface area contributed by atoms with E-state index in [0.29, 0.717) is 17.1 Å². The topological polar surface area (TPSA) is 65.1 Å². The molecule has 92 valence electrons. The number of aromatic amines is 1. The summed E-state index contributed by atoms with van der Waals surface area (Å²) in [4.78, 5) is 14.5. The zero-order chi connectivity index (χ0) is 12.4. The number of carbonyl (C=O) groups excluding carboxylic acids is 1. The number of hydrogen-bond acceptors (Lipinski definition) is 2. The fourth-order valence-electron chi connectivity index (χ4n) is 1.79. The van der Waals surface area contributed by atoms with Gasteiger partial charge in [-0.25, -0.2) is 0 Å². The zero-order valence-corrected chi connectivity index (χ0v) is 10.4. The number of aliphatic hydroxyl groups is 1. The predicted molar refractivity (Wildman–Crippen MR) is 66.4 cm³/mol. The molecule has 1 heterocycles. The third-order valence-electron chi connectivity index (χ3n) is 2.69. The standard InChI is InChI=1S/C11H12Cl2N2O2/c12-8-4-9(15-10(8)13)11(17)14-7-2-1-6(3-7)5-16/h1-2,4,6-7,15-16H,3,5H2,(H,14,17)/t6-,7+/m0/s1. The van der Waals surface area contributed by atoms with Gasteiger partial charge in [0.15, 0.2) is 0 Å². The first-order chi connectivity index (χ1) is 8.10. The maximum atomic E-state index is 11.8. The lowest BCUT2D eigenvalue weighted by atomic mass is 10.1. The summed E-state index contributed by atoms with van der Waals surface area (Å²) in [6.45, 7) is 0.100. The van der Waals surface area contributed by atoms with Crippen LogP contribution in [-0.4, -0.2) is 28.6 Å². The molecule has 1 aromatic heterocycles. The molecule has 0 aliphatic heterocycles. The summed E-state index contributed by atoms with van der Waals surface area (Å²) in [6.07, 6.45) is 4.50. The molecular weight excluding hydrogens is 263 g/mol. The minimum absolute atomic E-state index is 0.0551. The fourth-order valence-corrected chi connectivity index (χ4v) is 2.10. The van der Waals surface area contributed by atoms with Gasteiger partial charge in [-0.05, 0) is 12.5 Å². The number of halogens is 2. The van der Waals surface area contributed by atoms with Crippen LogP contribution < -0.4 is 5.32 Å². The molecule has 0 saturated heterocycles. The number of nitrogens with one attached hydrogen (secondary N) is 2. The first kappa shape index (κ1) is 12.5. The normalized spacial score (nSPS) is 23.0. The minimum atomic E-state index is -0.257. The van der Waals surface area contributed by atoms with Crippen LogP contribution in [0.3, 0.4) is 0 Å². The van der Waals surface area contributed by atoms with Crippen LogP contribution in [0.2, 0.25) is 10.2 Å². The van der Waals surface area contributed by atoms with Crippen LogP contribution >= 0.6 is 23.2 Å². The second-order valence-corrected chi connectivity index (χ2v) is 4.77. The monoisotopic (exact) mass is 274 g/mol. The van der Waals surface area contributed by atoms with Crippen molar-refractivity contribution in [3.63, 3.8) is 0 Å². The second-order valence-electron chi connectivity index (χ2n) is 3.99. The molecule has 0 aromatic carbocycles. The molecule has 6 heteroatoms. The Morgan fingerprint density at radius 1 is 1.53 bits per heavy atom. The molecule has 1 aliphatic carbocycles. The maximum Gasteiger partial charge on any atom is 0.268 e. The van der Waals surface area contributed by atoms with Gasteiger partial charge in [-0.3, -0.25) is 4.79 Å². The lowest BCUT2D eigenvalue weighted by molar-refractivity contribution is 0.0936. The van der Waals surface area contributed by atoms with E-state index in [1.807, 2.05) is 12.2 Å². The van der Waals surface area contributed by atoms with Gasteiger partial charge in [0, 0.05) is 18.6 Å². The number of aliphatic hydroxyl groups excluding tert-OH is 1. The molecule has 3 N–H and O–H groups in total. The van der Waals surface area contributed by atoms with E-state index in [1.54, 1.807) is 0 Å². The summed E-state index contributed by atoms with van der Waals surface area (Å²) in [5, 5.41) is 12.4. The lowest BCUT2D eigenvalue weighted by Gasteiger charge is -2.11. The molecule has 1 amide bonds. The number of aromatic nitrogens is 1. The number of carbonyl (C=O) groups is 1. The minimum Gasteiger partial charge on any atom is -0.396 e. The Morgan fingerprint density at radius 3 is 2.82 bits per heavy atom. The number of amides is 1. The second kappa shape index (κ2) is 5.12. The van der Waals surface area contributed by atoms with Gasteiger partial charge in [-0.2, -0.15) is 0 Å². The van der Waals surface area contributed by atoms with Crippen LogP contribution in [0, 0.1) is 5.92 Å². The molecule has 1 aromatic rings. The van der Waals surface area contributed by atoms with Gasteiger partial charge in [-0.15, -0.1) is 0 Å². The van der Waals surface area contributed by atoms with Gasteiger partial charge in [0.05, 0.1) is 5.02 Å². The predicted octanol–water partition coefficient (Wildman–Crippen LogP) is 1.99. The SMILES string of the molecule is O=C(N[C@@H]1C=C[C@H](CO)C1)c1cc(Cl)c(Cl)[nH]1. The van der Waals surface area contributed by atoms with Crippen molar-refractivity contribution in [3.05, 3.63) is 34.1 Å². The van der Waals surface area contributed by atoms with E-state index >= 15 is 0 Å². The highest BCUT2D eigenvalue weighted by Gasteiger charge is 2.21. The Kier molecular flexibility index (Phi) is 3.76. The van der Waals surface area contributed by atoms with Gasteiger partial charge < -0.3 is 15.4 Å². The van der Waals surface area contributed by atoms with Gasteiger partial charge in [-0.1, -0.05) is 35.4 Å². The van der Waals surface area contributed by atoms with E-state index in [0.717, 1.165) is 0 Å². The number of hydrogen-bond donors (Lipinski definition) is 3. The molecule has 2 atom stereocenters. The summed E-state index contributed by atoms with van der Waals surface area (Å²) >= 11 is 11.5. The van der Waals surface area contributed by atoms with Gasteiger partial charge >= 0.3 is 0 Å². The van der Waals surface area contributed by atoms with Crippen LogP contribution in [0.15, 0.2) is 18.2 Å².